The van der Waals surface area contributed by atoms with Gasteiger partial charge in [0.15, 0.2) is 0 Å². The van der Waals surface area contributed by atoms with Gasteiger partial charge in [-0.15, -0.1) is 0 Å². The highest BCUT2D eigenvalue weighted by atomic mass is 32.2. The molecule has 1 aliphatic rings. The molecular formula is C15H21N3O5S. The lowest BCUT2D eigenvalue weighted by Gasteiger charge is -2.36. The Morgan fingerprint density at radius 1 is 1.29 bits per heavy atom. The smallest absolute Gasteiger partial charge is 0.321 e. The Bertz CT molecular complexity index is 758. The van der Waals surface area contributed by atoms with Crippen molar-refractivity contribution in [1.82, 2.24) is 9.80 Å². The van der Waals surface area contributed by atoms with Gasteiger partial charge in [0.25, 0.3) is 0 Å². The Morgan fingerprint density at radius 3 is 2.29 bits per heavy atom. The lowest BCUT2D eigenvalue weighted by Crippen LogP contribution is -2.51. The molecule has 8 nitrogen and oxygen atoms in total. The zero-order chi connectivity index (χ0) is 18.3. The molecule has 1 aliphatic heterocycles. The van der Waals surface area contributed by atoms with Crippen molar-refractivity contribution in [1.29, 1.82) is 0 Å². The Labute approximate surface area is 141 Å². The van der Waals surface area contributed by atoms with Crippen LogP contribution in [0.25, 0.3) is 0 Å². The molecule has 0 spiro atoms. The number of likely N-dealkylation sites (N-methyl/N-ethyl adjacent to an activating group) is 1. The average Bonchev–Trinajstić information content (AvgIpc) is 2.60. The van der Waals surface area contributed by atoms with E-state index in [4.69, 9.17) is 4.55 Å². The van der Waals surface area contributed by atoms with E-state index in [1.165, 1.54) is 19.1 Å². The van der Waals surface area contributed by atoms with Gasteiger partial charge in [-0.1, -0.05) is 12.1 Å². The summed E-state index contributed by atoms with van der Waals surface area (Å²) in [5.74, 6) is -0.331. The molecule has 0 saturated carbocycles. The van der Waals surface area contributed by atoms with Crippen LogP contribution in [0.3, 0.4) is 0 Å². The first-order valence-corrected chi connectivity index (χ1v) is 8.79. The molecule has 1 heterocycles. The van der Waals surface area contributed by atoms with E-state index >= 15 is 0 Å². The summed E-state index contributed by atoms with van der Waals surface area (Å²) >= 11 is 0. The van der Waals surface area contributed by atoms with E-state index < -0.39 is 22.0 Å². The first-order valence-electron chi connectivity index (χ1n) is 7.35. The lowest BCUT2D eigenvalue weighted by atomic mass is 10.0. The number of carbonyl (C=O) groups excluding carboxylic acids is 2. The predicted octanol–water partition coefficient (Wildman–Crippen LogP) is 0.869. The van der Waals surface area contributed by atoms with Gasteiger partial charge in [0.1, 0.15) is 11.7 Å². The van der Waals surface area contributed by atoms with Crippen molar-refractivity contribution < 1.29 is 22.6 Å². The molecule has 1 aromatic carbocycles. The van der Waals surface area contributed by atoms with Crippen molar-refractivity contribution in [3.05, 3.63) is 29.8 Å². The third-order valence-corrected chi connectivity index (χ3v) is 4.80. The summed E-state index contributed by atoms with van der Waals surface area (Å²) in [6, 6.07) is 5.64. The maximum absolute atomic E-state index is 12.5. The van der Waals surface area contributed by atoms with Crippen LogP contribution >= 0.6 is 0 Å². The molecule has 0 aliphatic carbocycles. The van der Waals surface area contributed by atoms with Crippen LogP contribution < -0.4 is 4.72 Å². The van der Waals surface area contributed by atoms with Gasteiger partial charge < -0.3 is 9.80 Å². The Balaban J connectivity index is 2.23. The van der Waals surface area contributed by atoms with E-state index in [-0.39, 0.29) is 17.5 Å². The Kier molecular flexibility index (Phi) is 4.60. The van der Waals surface area contributed by atoms with E-state index in [2.05, 4.69) is 0 Å². The van der Waals surface area contributed by atoms with Crippen LogP contribution in [-0.2, 0) is 26.3 Å². The zero-order valence-corrected chi connectivity index (χ0v) is 14.8. The van der Waals surface area contributed by atoms with E-state index in [1.807, 2.05) is 18.6 Å². The second-order valence-corrected chi connectivity index (χ2v) is 7.43. The Hall–Kier alpha value is -2.13. The topological polar surface area (TPSA) is 107 Å². The van der Waals surface area contributed by atoms with Crippen LogP contribution in [0.15, 0.2) is 24.3 Å². The van der Waals surface area contributed by atoms with E-state index in [0.717, 1.165) is 5.56 Å². The third kappa shape index (κ3) is 3.51. The molecule has 1 fully saturated rings. The number of carbonyl (C=O) groups is 2. The highest BCUT2D eigenvalue weighted by molar-refractivity contribution is 7.87. The zero-order valence-electron chi connectivity index (χ0n) is 14.0. The average molecular weight is 355 g/mol. The molecule has 0 radical (unpaired) electrons. The minimum atomic E-state index is -4.33. The van der Waals surface area contributed by atoms with Gasteiger partial charge in [-0.3, -0.25) is 18.9 Å². The lowest BCUT2D eigenvalue weighted by molar-refractivity contribution is -0.137. The van der Waals surface area contributed by atoms with Gasteiger partial charge in [0, 0.05) is 20.4 Å². The minimum absolute atomic E-state index is 0.143. The molecular weight excluding hydrogens is 334 g/mol. The van der Waals surface area contributed by atoms with Crippen LogP contribution in [-0.4, -0.2) is 53.3 Å². The summed E-state index contributed by atoms with van der Waals surface area (Å²) in [5, 5.41) is 0. The second kappa shape index (κ2) is 6.06. The minimum Gasteiger partial charge on any atom is -0.321 e. The van der Waals surface area contributed by atoms with Gasteiger partial charge in [-0.25, -0.2) is 0 Å². The van der Waals surface area contributed by atoms with E-state index in [1.54, 1.807) is 29.0 Å². The van der Waals surface area contributed by atoms with Crippen LogP contribution in [0.2, 0.25) is 0 Å². The molecule has 1 aromatic rings. The number of amides is 2. The molecule has 9 heteroatoms. The molecule has 1 saturated heterocycles. The van der Waals surface area contributed by atoms with Gasteiger partial charge in [-0.2, -0.15) is 8.42 Å². The quantitative estimate of drug-likeness (QED) is 0.779. The normalized spacial score (nSPS) is 20.4. The number of hydrogen-bond donors (Lipinski definition) is 2. The van der Waals surface area contributed by atoms with Crippen molar-refractivity contribution in [2.75, 3.05) is 11.8 Å². The third-order valence-electron chi connectivity index (χ3n) is 4.31. The Morgan fingerprint density at radius 2 is 1.83 bits per heavy atom. The standard InChI is InChI=1S/C15H21N3O5S/c1-10(19)18-13(14(20)17(4)15(18,2)3)9-11-5-7-12(8-6-11)16-24(21,22)23/h5-8,13,16H,9H2,1-4H3,(H,21,22,23)/t13-/m0/s1. The SMILES string of the molecule is CC(=O)N1[C@@H](Cc2ccc(NS(=O)(=O)O)cc2)C(=O)N(C)C1(C)C. The molecule has 0 aromatic heterocycles. The maximum Gasteiger partial charge on any atom is 0.357 e. The molecule has 0 unspecified atom stereocenters. The second-order valence-electron chi connectivity index (χ2n) is 6.27. The number of nitrogens with zero attached hydrogens (tertiary/aromatic N) is 2. The fourth-order valence-corrected chi connectivity index (χ4v) is 3.44. The first-order chi connectivity index (χ1) is 10.9. The number of hydrogen-bond acceptors (Lipinski definition) is 4. The van der Waals surface area contributed by atoms with Crippen LogP contribution in [0.4, 0.5) is 5.69 Å². The summed E-state index contributed by atoms with van der Waals surface area (Å²) < 4.78 is 32.3. The first kappa shape index (κ1) is 18.2. The summed E-state index contributed by atoms with van der Waals surface area (Å²) in [6.07, 6.45) is 0.318. The highest BCUT2D eigenvalue weighted by Gasteiger charge is 2.50. The van der Waals surface area contributed by atoms with Crippen molar-refractivity contribution in [2.45, 2.75) is 38.9 Å². The van der Waals surface area contributed by atoms with E-state index in [0.29, 0.717) is 6.42 Å². The maximum atomic E-state index is 12.5. The molecule has 132 valence electrons. The van der Waals surface area contributed by atoms with Gasteiger partial charge >= 0.3 is 10.3 Å². The van der Waals surface area contributed by atoms with Crippen LogP contribution in [0, 0.1) is 0 Å². The largest absolute Gasteiger partial charge is 0.357 e. The van der Waals surface area contributed by atoms with Gasteiger partial charge in [-0.05, 0) is 31.5 Å². The molecule has 2 amide bonds. The number of rotatable bonds is 4. The summed E-state index contributed by atoms with van der Waals surface area (Å²) in [4.78, 5) is 27.6. The fourth-order valence-electron chi connectivity index (χ4n) is 3.01. The summed E-state index contributed by atoms with van der Waals surface area (Å²) in [5.41, 5.74) is 0.270. The van der Waals surface area contributed by atoms with Crippen molar-refractivity contribution >= 4 is 27.8 Å². The summed E-state index contributed by atoms with van der Waals surface area (Å²) in [6.45, 7) is 5.05. The van der Waals surface area contributed by atoms with Crippen molar-refractivity contribution in [3.8, 4) is 0 Å². The van der Waals surface area contributed by atoms with Crippen molar-refractivity contribution in [2.24, 2.45) is 0 Å². The van der Waals surface area contributed by atoms with Crippen LogP contribution in [0.1, 0.15) is 26.3 Å². The van der Waals surface area contributed by atoms with Gasteiger partial charge in [0.2, 0.25) is 11.8 Å². The predicted molar refractivity (Wildman–Crippen MR) is 88.5 cm³/mol. The molecule has 0 bridgehead atoms. The number of nitrogens with one attached hydrogen (secondary N) is 1. The summed E-state index contributed by atoms with van der Waals surface area (Å²) in [7, 11) is -2.66. The highest BCUT2D eigenvalue weighted by Crippen LogP contribution is 2.32. The molecule has 2 rings (SSSR count). The fraction of sp³-hybridized carbons (Fsp3) is 0.467. The van der Waals surface area contributed by atoms with Crippen LogP contribution in [0.5, 0.6) is 0 Å². The van der Waals surface area contributed by atoms with Gasteiger partial charge in [0.05, 0.1) is 5.69 Å². The number of benzene rings is 1. The number of anilines is 1. The molecule has 2 N–H and O–H groups in total. The van der Waals surface area contributed by atoms with E-state index in [9.17, 15) is 18.0 Å². The monoisotopic (exact) mass is 355 g/mol. The molecule has 24 heavy (non-hydrogen) atoms. The molecule has 1 atom stereocenters. The van der Waals surface area contributed by atoms with Crippen molar-refractivity contribution in [3.63, 3.8) is 0 Å².